The summed E-state index contributed by atoms with van der Waals surface area (Å²) in [6, 6.07) is 4.66. The number of aromatic nitrogens is 2. The van der Waals surface area contributed by atoms with Crippen molar-refractivity contribution in [1.82, 2.24) is 9.55 Å². The van der Waals surface area contributed by atoms with Gasteiger partial charge in [0.05, 0.1) is 15.7 Å². The van der Waals surface area contributed by atoms with Gasteiger partial charge in [-0.1, -0.05) is 23.2 Å². The Kier molecular flexibility index (Phi) is 3.56. The smallest absolute Gasteiger partial charge is 0.269 e. The van der Waals surface area contributed by atoms with E-state index in [0.717, 1.165) is 10.9 Å². The van der Waals surface area contributed by atoms with Crippen LogP contribution in [0.15, 0.2) is 35.4 Å². The molecule has 0 aliphatic heterocycles. The molecule has 0 radical (unpaired) electrons. The molecule has 0 aliphatic carbocycles. The van der Waals surface area contributed by atoms with Crippen LogP contribution in [0.25, 0.3) is 5.69 Å². The molecule has 0 saturated heterocycles. The van der Waals surface area contributed by atoms with Gasteiger partial charge in [-0.3, -0.25) is 9.36 Å². The molecule has 0 amide bonds. The molecule has 1 aromatic carbocycles. The molecule has 2 aromatic rings. The molecule has 100 valence electrons. The van der Waals surface area contributed by atoms with Crippen LogP contribution in [0.3, 0.4) is 0 Å². The van der Waals surface area contributed by atoms with Crippen LogP contribution in [0.1, 0.15) is 5.69 Å². The first-order chi connectivity index (χ1) is 8.79. The summed E-state index contributed by atoms with van der Waals surface area (Å²) >= 11 is 11.5. The van der Waals surface area contributed by atoms with Crippen molar-refractivity contribution in [2.45, 2.75) is 6.18 Å². The van der Waals surface area contributed by atoms with E-state index in [1.54, 1.807) is 0 Å². The standard InChI is InChI=1S/C11H5Cl2F3N2O/c12-7-2-1-6(3-8(7)13)18-5-17-9(4-10(18)19)11(14,15)16/h1-5H. The molecule has 0 unspecified atom stereocenters. The first-order valence-electron chi connectivity index (χ1n) is 4.90. The van der Waals surface area contributed by atoms with Crippen molar-refractivity contribution in [2.24, 2.45) is 0 Å². The monoisotopic (exact) mass is 308 g/mol. The van der Waals surface area contributed by atoms with E-state index in [1.807, 2.05) is 0 Å². The van der Waals surface area contributed by atoms with Gasteiger partial charge in [0.15, 0.2) is 5.69 Å². The molecule has 0 atom stereocenters. The zero-order valence-electron chi connectivity index (χ0n) is 9.08. The van der Waals surface area contributed by atoms with Crippen molar-refractivity contribution in [3.63, 3.8) is 0 Å². The van der Waals surface area contributed by atoms with E-state index < -0.39 is 17.4 Å². The summed E-state index contributed by atoms with van der Waals surface area (Å²) in [7, 11) is 0. The molecular formula is C11H5Cl2F3N2O. The van der Waals surface area contributed by atoms with Gasteiger partial charge in [0.1, 0.15) is 6.33 Å². The van der Waals surface area contributed by atoms with Gasteiger partial charge < -0.3 is 0 Å². The van der Waals surface area contributed by atoms with Gasteiger partial charge in [0.2, 0.25) is 0 Å². The number of benzene rings is 1. The summed E-state index contributed by atoms with van der Waals surface area (Å²) in [6.07, 6.45) is -3.86. The Labute approximate surface area is 115 Å². The van der Waals surface area contributed by atoms with E-state index >= 15 is 0 Å². The molecule has 2 rings (SSSR count). The predicted octanol–water partition coefficient (Wildman–Crippen LogP) is 3.56. The average molecular weight is 309 g/mol. The molecule has 0 saturated carbocycles. The maximum atomic E-state index is 12.4. The number of alkyl halides is 3. The summed E-state index contributed by atoms with van der Waals surface area (Å²) in [5.74, 6) is 0. The summed E-state index contributed by atoms with van der Waals surface area (Å²) in [5, 5.41) is 0.462. The Morgan fingerprint density at radius 2 is 1.79 bits per heavy atom. The van der Waals surface area contributed by atoms with Crippen molar-refractivity contribution in [2.75, 3.05) is 0 Å². The first-order valence-corrected chi connectivity index (χ1v) is 5.66. The SMILES string of the molecule is O=c1cc(C(F)(F)F)ncn1-c1ccc(Cl)c(Cl)c1. The van der Waals surface area contributed by atoms with Gasteiger partial charge in [-0.05, 0) is 18.2 Å². The molecule has 0 fully saturated rings. The first kappa shape index (κ1) is 13.9. The molecule has 0 spiro atoms. The normalized spacial score (nSPS) is 11.6. The lowest BCUT2D eigenvalue weighted by Crippen LogP contribution is -2.22. The third kappa shape index (κ3) is 2.90. The number of rotatable bonds is 1. The van der Waals surface area contributed by atoms with Crippen molar-refractivity contribution in [3.8, 4) is 5.69 Å². The molecule has 0 N–H and O–H groups in total. The van der Waals surface area contributed by atoms with Crippen molar-refractivity contribution in [1.29, 1.82) is 0 Å². The summed E-state index contributed by atoms with van der Waals surface area (Å²) in [6.45, 7) is 0. The summed E-state index contributed by atoms with van der Waals surface area (Å²) in [5.41, 5.74) is -1.82. The van der Waals surface area contributed by atoms with Gasteiger partial charge in [0.25, 0.3) is 5.56 Å². The van der Waals surface area contributed by atoms with E-state index in [-0.39, 0.29) is 15.7 Å². The van der Waals surface area contributed by atoms with Gasteiger partial charge >= 0.3 is 6.18 Å². The molecule has 0 bridgehead atoms. The Morgan fingerprint density at radius 3 is 2.32 bits per heavy atom. The van der Waals surface area contributed by atoms with Crippen LogP contribution in [0, 0.1) is 0 Å². The van der Waals surface area contributed by atoms with Crippen molar-refractivity contribution < 1.29 is 13.2 Å². The third-order valence-electron chi connectivity index (χ3n) is 2.28. The zero-order chi connectivity index (χ0) is 14.2. The summed E-state index contributed by atoms with van der Waals surface area (Å²) < 4.78 is 38.1. The lowest BCUT2D eigenvalue weighted by Gasteiger charge is -2.09. The van der Waals surface area contributed by atoms with E-state index in [2.05, 4.69) is 4.98 Å². The van der Waals surface area contributed by atoms with Gasteiger partial charge in [-0.2, -0.15) is 13.2 Å². The van der Waals surface area contributed by atoms with Crippen LogP contribution < -0.4 is 5.56 Å². The van der Waals surface area contributed by atoms with E-state index in [0.29, 0.717) is 6.07 Å². The fraction of sp³-hybridized carbons (Fsp3) is 0.0909. The molecule has 19 heavy (non-hydrogen) atoms. The fourth-order valence-corrected chi connectivity index (χ4v) is 1.68. The van der Waals surface area contributed by atoms with Crippen LogP contribution in [-0.4, -0.2) is 9.55 Å². The molecule has 3 nitrogen and oxygen atoms in total. The largest absolute Gasteiger partial charge is 0.433 e. The second kappa shape index (κ2) is 4.86. The maximum absolute atomic E-state index is 12.4. The number of halogens is 5. The van der Waals surface area contributed by atoms with Crippen LogP contribution in [-0.2, 0) is 6.18 Å². The molecule has 1 heterocycles. The highest BCUT2D eigenvalue weighted by Crippen LogP contribution is 2.27. The van der Waals surface area contributed by atoms with E-state index in [9.17, 15) is 18.0 Å². The highest BCUT2D eigenvalue weighted by atomic mass is 35.5. The van der Waals surface area contributed by atoms with Crippen LogP contribution in [0.5, 0.6) is 0 Å². The van der Waals surface area contributed by atoms with Crippen LogP contribution in [0.2, 0.25) is 10.0 Å². The third-order valence-corrected chi connectivity index (χ3v) is 3.02. The van der Waals surface area contributed by atoms with Crippen LogP contribution in [0.4, 0.5) is 13.2 Å². The lowest BCUT2D eigenvalue weighted by molar-refractivity contribution is -0.141. The van der Waals surface area contributed by atoms with Crippen LogP contribution >= 0.6 is 23.2 Å². The molecule has 8 heteroatoms. The Balaban J connectivity index is 2.52. The van der Waals surface area contributed by atoms with E-state index in [1.165, 1.54) is 18.2 Å². The minimum atomic E-state index is -4.66. The number of hydrogen-bond donors (Lipinski definition) is 0. The van der Waals surface area contributed by atoms with E-state index in [4.69, 9.17) is 23.2 Å². The highest BCUT2D eigenvalue weighted by molar-refractivity contribution is 6.42. The van der Waals surface area contributed by atoms with Gasteiger partial charge in [0, 0.05) is 6.07 Å². The zero-order valence-corrected chi connectivity index (χ0v) is 10.6. The minimum absolute atomic E-state index is 0.186. The predicted molar refractivity (Wildman–Crippen MR) is 64.9 cm³/mol. The lowest BCUT2D eigenvalue weighted by atomic mass is 10.3. The Hall–Kier alpha value is -1.53. The molecule has 1 aromatic heterocycles. The van der Waals surface area contributed by atoms with Gasteiger partial charge in [-0.15, -0.1) is 0 Å². The second-order valence-corrected chi connectivity index (χ2v) is 4.39. The van der Waals surface area contributed by atoms with Crippen molar-refractivity contribution in [3.05, 3.63) is 56.7 Å². The Morgan fingerprint density at radius 1 is 1.11 bits per heavy atom. The average Bonchev–Trinajstić information content (AvgIpc) is 2.31. The van der Waals surface area contributed by atoms with Gasteiger partial charge in [-0.25, -0.2) is 4.98 Å². The minimum Gasteiger partial charge on any atom is -0.269 e. The topological polar surface area (TPSA) is 34.9 Å². The Bertz CT molecular complexity index is 682. The quantitative estimate of drug-likeness (QED) is 0.807. The molecular weight excluding hydrogens is 304 g/mol. The number of nitrogens with zero attached hydrogens (tertiary/aromatic N) is 2. The number of hydrogen-bond acceptors (Lipinski definition) is 2. The second-order valence-electron chi connectivity index (χ2n) is 3.58. The highest BCUT2D eigenvalue weighted by Gasteiger charge is 2.33. The van der Waals surface area contributed by atoms with Crippen molar-refractivity contribution >= 4 is 23.2 Å². The maximum Gasteiger partial charge on any atom is 0.433 e. The molecule has 0 aliphatic rings. The fourth-order valence-electron chi connectivity index (χ4n) is 1.38. The summed E-state index contributed by atoms with van der Waals surface area (Å²) in [4.78, 5) is 14.8.